The van der Waals surface area contributed by atoms with Crippen LogP contribution < -0.4 is 0 Å². The first-order valence-corrected chi connectivity index (χ1v) is 9.53. The molecular formula is C22H23N3O2. The van der Waals surface area contributed by atoms with Crippen molar-refractivity contribution >= 4 is 5.91 Å². The third-order valence-corrected chi connectivity index (χ3v) is 5.80. The van der Waals surface area contributed by atoms with E-state index in [1.807, 2.05) is 29.2 Å². The molecule has 27 heavy (non-hydrogen) atoms. The van der Waals surface area contributed by atoms with E-state index in [2.05, 4.69) is 11.1 Å². The molecule has 2 aromatic rings. The van der Waals surface area contributed by atoms with E-state index in [-0.39, 0.29) is 11.3 Å². The molecule has 5 nitrogen and oxygen atoms in total. The van der Waals surface area contributed by atoms with Gasteiger partial charge < -0.3 is 9.64 Å². The smallest absolute Gasteiger partial charge is 0.253 e. The lowest BCUT2D eigenvalue weighted by Gasteiger charge is -2.45. The van der Waals surface area contributed by atoms with Crippen molar-refractivity contribution in [1.29, 1.82) is 5.26 Å². The molecule has 138 valence electrons. The van der Waals surface area contributed by atoms with Crippen molar-refractivity contribution in [2.45, 2.75) is 25.7 Å². The standard InChI is InChI=1S/C22H23N3O2/c23-15-17-5-9-24-20(13-17)18-3-1-4-19(14-18)21(26)25-10-2-6-22(16-25)7-11-27-12-8-22/h1,3-5,9,13-14H,2,6-8,10-12,16H2. The van der Waals surface area contributed by atoms with Crippen molar-refractivity contribution < 1.29 is 9.53 Å². The molecule has 2 fully saturated rings. The van der Waals surface area contributed by atoms with E-state index in [0.717, 1.165) is 51.1 Å². The molecule has 0 N–H and O–H groups in total. The van der Waals surface area contributed by atoms with Crippen LogP contribution in [0.5, 0.6) is 0 Å². The van der Waals surface area contributed by atoms with Gasteiger partial charge in [0.25, 0.3) is 5.91 Å². The van der Waals surface area contributed by atoms with Crippen molar-refractivity contribution in [2.75, 3.05) is 26.3 Å². The Morgan fingerprint density at radius 1 is 1.19 bits per heavy atom. The van der Waals surface area contributed by atoms with E-state index in [4.69, 9.17) is 10.00 Å². The van der Waals surface area contributed by atoms with Crippen molar-refractivity contribution in [3.63, 3.8) is 0 Å². The predicted octanol–water partition coefficient (Wildman–Crippen LogP) is 3.65. The number of carbonyl (C=O) groups excluding carboxylic acids is 1. The van der Waals surface area contributed by atoms with Gasteiger partial charge in [0.1, 0.15) is 0 Å². The first-order valence-electron chi connectivity index (χ1n) is 9.53. The number of amides is 1. The maximum atomic E-state index is 13.2. The number of pyridine rings is 1. The molecule has 1 spiro atoms. The van der Waals surface area contributed by atoms with Crippen LogP contribution in [0.2, 0.25) is 0 Å². The highest BCUT2D eigenvalue weighted by Crippen LogP contribution is 2.39. The first kappa shape index (κ1) is 17.7. The van der Waals surface area contributed by atoms with Crippen LogP contribution in [0.15, 0.2) is 42.6 Å². The number of ether oxygens (including phenoxy) is 1. The van der Waals surface area contributed by atoms with Gasteiger partial charge in [-0.3, -0.25) is 9.78 Å². The van der Waals surface area contributed by atoms with Crippen LogP contribution in [-0.4, -0.2) is 42.1 Å². The van der Waals surface area contributed by atoms with Crippen LogP contribution in [0.1, 0.15) is 41.6 Å². The predicted molar refractivity (Wildman–Crippen MR) is 102 cm³/mol. The van der Waals surface area contributed by atoms with E-state index >= 15 is 0 Å². The largest absolute Gasteiger partial charge is 0.381 e. The Labute approximate surface area is 159 Å². The third-order valence-electron chi connectivity index (χ3n) is 5.80. The Kier molecular flexibility index (Phi) is 4.91. The fourth-order valence-corrected chi connectivity index (χ4v) is 4.25. The third kappa shape index (κ3) is 3.72. The SMILES string of the molecule is N#Cc1ccnc(-c2cccc(C(=O)N3CCCC4(CCOCC4)C3)c2)c1. The maximum Gasteiger partial charge on any atom is 0.253 e. The zero-order valence-electron chi connectivity index (χ0n) is 15.4. The topological polar surface area (TPSA) is 66.2 Å². The molecule has 2 aliphatic rings. The second-order valence-electron chi connectivity index (χ2n) is 7.56. The van der Waals surface area contributed by atoms with E-state index < -0.39 is 0 Å². The summed E-state index contributed by atoms with van der Waals surface area (Å²) in [4.78, 5) is 19.5. The second kappa shape index (κ2) is 7.50. The Morgan fingerprint density at radius 2 is 2.04 bits per heavy atom. The highest BCUT2D eigenvalue weighted by Gasteiger charge is 2.38. The van der Waals surface area contributed by atoms with Crippen LogP contribution in [-0.2, 0) is 4.74 Å². The summed E-state index contributed by atoms with van der Waals surface area (Å²) in [5, 5.41) is 9.10. The molecule has 3 heterocycles. The lowest BCUT2D eigenvalue weighted by Crippen LogP contribution is -2.48. The Bertz CT molecular complexity index is 876. The molecule has 2 saturated heterocycles. The summed E-state index contributed by atoms with van der Waals surface area (Å²) < 4.78 is 5.53. The van der Waals surface area contributed by atoms with Gasteiger partial charge in [-0.15, -0.1) is 0 Å². The monoisotopic (exact) mass is 361 g/mol. The number of rotatable bonds is 2. The van der Waals surface area contributed by atoms with Crippen LogP contribution in [0.3, 0.4) is 0 Å². The van der Waals surface area contributed by atoms with Gasteiger partial charge in [-0.2, -0.15) is 5.26 Å². The van der Waals surface area contributed by atoms with E-state index in [9.17, 15) is 4.79 Å². The summed E-state index contributed by atoms with van der Waals surface area (Å²) in [5.41, 5.74) is 3.04. The number of likely N-dealkylation sites (tertiary alicyclic amines) is 1. The molecule has 0 radical (unpaired) electrons. The van der Waals surface area contributed by atoms with E-state index in [0.29, 0.717) is 16.8 Å². The molecule has 0 unspecified atom stereocenters. The minimum absolute atomic E-state index is 0.0823. The van der Waals surface area contributed by atoms with Gasteiger partial charge in [-0.25, -0.2) is 0 Å². The fourth-order valence-electron chi connectivity index (χ4n) is 4.25. The summed E-state index contributed by atoms with van der Waals surface area (Å²) in [6.07, 6.45) is 5.95. The molecule has 1 aromatic carbocycles. The van der Waals surface area contributed by atoms with Gasteiger partial charge in [0, 0.05) is 43.6 Å². The molecule has 5 heteroatoms. The highest BCUT2D eigenvalue weighted by molar-refractivity contribution is 5.95. The van der Waals surface area contributed by atoms with Gasteiger partial charge in [-0.1, -0.05) is 12.1 Å². The van der Waals surface area contributed by atoms with Crippen molar-refractivity contribution in [3.05, 3.63) is 53.7 Å². The Hall–Kier alpha value is -2.71. The lowest BCUT2D eigenvalue weighted by atomic mass is 9.74. The van der Waals surface area contributed by atoms with E-state index in [1.165, 1.54) is 6.42 Å². The number of aromatic nitrogens is 1. The molecule has 0 bridgehead atoms. The molecule has 0 atom stereocenters. The van der Waals surface area contributed by atoms with Crippen LogP contribution in [0.25, 0.3) is 11.3 Å². The van der Waals surface area contributed by atoms with Gasteiger partial charge in [0.2, 0.25) is 0 Å². The van der Waals surface area contributed by atoms with Gasteiger partial charge >= 0.3 is 0 Å². The minimum atomic E-state index is 0.0823. The zero-order valence-corrected chi connectivity index (χ0v) is 15.4. The average molecular weight is 361 g/mol. The van der Waals surface area contributed by atoms with Crippen molar-refractivity contribution in [2.24, 2.45) is 5.41 Å². The molecule has 4 rings (SSSR count). The normalized spacial score (nSPS) is 18.9. The number of piperidine rings is 1. The van der Waals surface area contributed by atoms with Crippen molar-refractivity contribution in [3.8, 4) is 17.3 Å². The first-order chi connectivity index (χ1) is 13.2. The van der Waals surface area contributed by atoms with Gasteiger partial charge in [0.05, 0.1) is 17.3 Å². The Balaban J connectivity index is 1.56. The number of hydrogen-bond donors (Lipinski definition) is 0. The fraction of sp³-hybridized carbons (Fsp3) is 0.409. The molecule has 2 aliphatic heterocycles. The van der Waals surface area contributed by atoms with Crippen LogP contribution in [0, 0.1) is 16.7 Å². The van der Waals surface area contributed by atoms with E-state index in [1.54, 1.807) is 18.3 Å². The summed E-state index contributed by atoms with van der Waals surface area (Å²) in [6.45, 7) is 3.24. The molecule has 0 aliphatic carbocycles. The average Bonchev–Trinajstić information content (AvgIpc) is 2.74. The summed E-state index contributed by atoms with van der Waals surface area (Å²) in [5.74, 6) is 0.0823. The number of hydrogen-bond acceptors (Lipinski definition) is 4. The second-order valence-corrected chi connectivity index (χ2v) is 7.56. The quantitative estimate of drug-likeness (QED) is 0.819. The molecule has 1 aromatic heterocycles. The van der Waals surface area contributed by atoms with Gasteiger partial charge in [-0.05, 0) is 55.4 Å². The summed E-state index contributed by atoms with van der Waals surface area (Å²) in [7, 11) is 0. The van der Waals surface area contributed by atoms with Gasteiger partial charge in [0.15, 0.2) is 0 Å². The summed E-state index contributed by atoms with van der Waals surface area (Å²) in [6, 6.07) is 13.1. The molecular weight excluding hydrogens is 338 g/mol. The highest BCUT2D eigenvalue weighted by atomic mass is 16.5. The number of nitriles is 1. The summed E-state index contributed by atoms with van der Waals surface area (Å²) >= 11 is 0. The molecule has 0 saturated carbocycles. The minimum Gasteiger partial charge on any atom is -0.381 e. The number of carbonyl (C=O) groups is 1. The maximum absolute atomic E-state index is 13.2. The Morgan fingerprint density at radius 3 is 2.85 bits per heavy atom. The lowest BCUT2D eigenvalue weighted by molar-refractivity contribution is -0.0229. The molecule has 1 amide bonds. The van der Waals surface area contributed by atoms with Crippen molar-refractivity contribution in [1.82, 2.24) is 9.88 Å². The van der Waals surface area contributed by atoms with Crippen LogP contribution in [0.4, 0.5) is 0 Å². The van der Waals surface area contributed by atoms with Crippen LogP contribution >= 0.6 is 0 Å². The zero-order chi connectivity index (χ0) is 18.7. The number of benzene rings is 1. The number of nitrogens with zero attached hydrogens (tertiary/aromatic N) is 3.